The van der Waals surface area contributed by atoms with E-state index in [-0.39, 0.29) is 6.04 Å². The normalized spacial score (nSPS) is 11.9. The second-order valence-electron chi connectivity index (χ2n) is 5.36. The second kappa shape index (κ2) is 7.73. The lowest BCUT2D eigenvalue weighted by Crippen LogP contribution is -2.31. The van der Waals surface area contributed by atoms with E-state index in [1.165, 1.54) is 0 Å². The largest absolute Gasteiger partial charge is 0.466 e. The topological polar surface area (TPSA) is 68.5 Å². The Labute approximate surface area is 149 Å². The average molecular weight is 370 g/mol. The molecule has 0 aliphatic heterocycles. The molecule has 0 bridgehead atoms. The molecule has 1 aromatic carbocycles. The highest BCUT2D eigenvalue weighted by atomic mass is 35.5. The number of hydrogen-bond donors (Lipinski definition) is 1. The standard InChI is InChI=1S/C17H17Cl2NO4/c1-9-6-14(11(3)24-9)17(22)23-8-16(21)20-10(2)13-5-4-12(18)7-15(13)19/h4-7,10H,8H2,1-3H3,(H,20,21)/t10-/m1/s1. The number of nitrogens with one attached hydrogen (secondary N) is 1. The maximum absolute atomic E-state index is 12.0. The number of halogens is 2. The van der Waals surface area contributed by atoms with Crippen LogP contribution in [0, 0.1) is 13.8 Å². The van der Waals surface area contributed by atoms with Crippen molar-refractivity contribution in [3.8, 4) is 0 Å². The van der Waals surface area contributed by atoms with E-state index < -0.39 is 18.5 Å². The molecular formula is C17H17Cl2NO4. The molecular weight excluding hydrogens is 353 g/mol. The van der Waals surface area contributed by atoms with Gasteiger partial charge in [-0.2, -0.15) is 0 Å². The molecule has 2 rings (SSSR count). The van der Waals surface area contributed by atoms with E-state index in [0.717, 1.165) is 5.56 Å². The van der Waals surface area contributed by atoms with Gasteiger partial charge in [0, 0.05) is 10.0 Å². The van der Waals surface area contributed by atoms with Crippen molar-refractivity contribution in [3.05, 3.63) is 57.0 Å². The first-order valence-electron chi connectivity index (χ1n) is 7.26. The lowest BCUT2D eigenvalue weighted by atomic mass is 10.1. The van der Waals surface area contributed by atoms with Crippen LogP contribution in [0.25, 0.3) is 0 Å². The molecule has 0 radical (unpaired) electrons. The van der Waals surface area contributed by atoms with Crippen molar-refractivity contribution in [1.29, 1.82) is 0 Å². The first-order chi connectivity index (χ1) is 11.3. The predicted molar refractivity (Wildman–Crippen MR) is 91.5 cm³/mol. The minimum absolute atomic E-state index is 0.314. The number of amides is 1. The van der Waals surface area contributed by atoms with Gasteiger partial charge >= 0.3 is 5.97 Å². The van der Waals surface area contributed by atoms with Crippen molar-refractivity contribution in [2.75, 3.05) is 6.61 Å². The van der Waals surface area contributed by atoms with Crippen molar-refractivity contribution < 1.29 is 18.7 Å². The highest BCUT2D eigenvalue weighted by molar-refractivity contribution is 6.35. The van der Waals surface area contributed by atoms with Crippen LogP contribution in [0.2, 0.25) is 10.0 Å². The van der Waals surface area contributed by atoms with Gasteiger partial charge in [-0.15, -0.1) is 0 Å². The Morgan fingerprint density at radius 1 is 1.25 bits per heavy atom. The van der Waals surface area contributed by atoms with Gasteiger partial charge < -0.3 is 14.5 Å². The van der Waals surface area contributed by atoms with Crippen LogP contribution in [0.15, 0.2) is 28.7 Å². The Morgan fingerprint density at radius 3 is 2.54 bits per heavy atom. The van der Waals surface area contributed by atoms with E-state index in [1.54, 1.807) is 45.0 Å². The predicted octanol–water partition coefficient (Wildman–Crippen LogP) is 4.24. The van der Waals surface area contributed by atoms with Gasteiger partial charge in [-0.25, -0.2) is 4.79 Å². The van der Waals surface area contributed by atoms with E-state index in [4.69, 9.17) is 32.4 Å². The molecule has 0 fully saturated rings. The zero-order chi connectivity index (χ0) is 17.9. The highest BCUT2D eigenvalue weighted by Gasteiger charge is 2.18. The van der Waals surface area contributed by atoms with Gasteiger partial charge in [-0.3, -0.25) is 4.79 Å². The Morgan fingerprint density at radius 2 is 1.96 bits per heavy atom. The zero-order valence-electron chi connectivity index (χ0n) is 13.5. The Bertz CT molecular complexity index is 770. The van der Waals surface area contributed by atoms with Crippen LogP contribution in [0.5, 0.6) is 0 Å². The van der Waals surface area contributed by atoms with Crippen LogP contribution in [0.1, 0.15) is 40.4 Å². The molecule has 0 unspecified atom stereocenters. The van der Waals surface area contributed by atoms with Crippen LogP contribution in [-0.4, -0.2) is 18.5 Å². The highest BCUT2D eigenvalue weighted by Crippen LogP contribution is 2.26. The molecule has 128 valence electrons. The zero-order valence-corrected chi connectivity index (χ0v) is 15.0. The van der Waals surface area contributed by atoms with Gasteiger partial charge in [0.15, 0.2) is 6.61 Å². The maximum Gasteiger partial charge on any atom is 0.342 e. The minimum atomic E-state index is -0.600. The van der Waals surface area contributed by atoms with Gasteiger partial charge in [0.1, 0.15) is 17.1 Å². The van der Waals surface area contributed by atoms with Crippen LogP contribution >= 0.6 is 23.2 Å². The van der Waals surface area contributed by atoms with Crippen LogP contribution in [0.4, 0.5) is 0 Å². The smallest absolute Gasteiger partial charge is 0.342 e. The molecule has 1 amide bonds. The fraction of sp³-hybridized carbons (Fsp3) is 0.294. The third kappa shape index (κ3) is 4.52. The van der Waals surface area contributed by atoms with Crippen molar-refractivity contribution >= 4 is 35.1 Å². The van der Waals surface area contributed by atoms with Gasteiger partial charge in [0.25, 0.3) is 5.91 Å². The molecule has 0 aliphatic carbocycles. The van der Waals surface area contributed by atoms with Crippen LogP contribution in [-0.2, 0) is 9.53 Å². The van der Waals surface area contributed by atoms with E-state index in [1.807, 2.05) is 0 Å². The first kappa shape index (κ1) is 18.4. The fourth-order valence-electron chi connectivity index (χ4n) is 2.26. The molecule has 0 saturated heterocycles. The molecule has 24 heavy (non-hydrogen) atoms. The molecule has 7 heteroatoms. The summed E-state index contributed by atoms with van der Waals surface area (Å²) in [5.41, 5.74) is 1.04. The van der Waals surface area contributed by atoms with Crippen molar-refractivity contribution in [3.63, 3.8) is 0 Å². The minimum Gasteiger partial charge on any atom is -0.466 e. The lowest BCUT2D eigenvalue weighted by Gasteiger charge is -2.16. The van der Waals surface area contributed by atoms with Crippen molar-refractivity contribution in [2.24, 2.45) is 0 Å². The summed E-state index contributed by atoms with van der Waals surface area (Å²) in [4.78, 5) is 23.9. The average Bonchev–Trinajstić information content (AvgIpc) is 2.83. The number of esters is 1. The maximum atomic E-state index is 12.0. The molecule has 1 atom stereocenters. The van der Waals surface area contributed by atoms with Crippen molar-refractivity contribution in [1.82, 2.24) is 5.32 Å². The summed E-state index contributed by atoms with van der Waals surface area (Å²) in [6, 6.07) is 6.25. The van der Waals surface area contributed by atoms with Gasteiger partial charge in [0.05, 0.1) is 6.04 Å². The summed E-state index contributed by atoms with van der Waals surface area (Å²) in [5, 5.41) is 3.69. The number of aryl methyl sites for hydroxylation is 2. The summed E-state index contributed by atoms with van der Waals surface area (Å²) in [7, 11) is 0. The van der Waals surface area contributed by atoms with E-state index in [2.05, 4.69) is 5.32 Å². The Balaban J connectivity index is 1.91. The number of furan rings is 1. The molecule has 2 aromatic rings. The summed E-state index contributed by atoms with van der Waals surface area (Å²) in [6.45, 7) is 4.78. The van der Waals surface area contributed by atoms with Crippen LogP contribution < -0.4 is 5.32 Å². The van der Waals surface area contributed by atoms with Crippen molar-refractivity contribution in [2.45, 2.75) is 26.8 Å². The summed E-state index contributed by atoms with van der Waals surface area (Å²) in [5.74, 6) is 0.0329. The molecule has 0 aliphatic rings. The number of ether oxygens (including phenoxy) is 1. The monoisotopic (exact) mass is 369 g/mol. The van der Waals surface area contributed by atoms with Gasteiger partial charge in [-0.05, 0) is 44.5 Å². The fourth-order valence-corrected chi connectivity index (χ4v) is 2.83. The SMILES string of the molecule is Cc1cc(C(=O)OCC(=O)N[C@H](C)c2ccc(Cl)cc2Cl)c(C)o1. The Kier molecular flexibility index (Phi) is 5.91. The van der Waals surface area contributed by atoms with E-state index in [0.29, 0.717) is 27.1 Å². The second-order valence-corrected chi connectivity index (χ2v) is 6.20. The molecule has 5 nitrogen and oxygen atoms in total. The number of carbonyl (C=O) groups is 2. The van der Waals surface area contributed by atoms with E-state index in [9.17, 15) is 9.59 Å². The van der Waals surface area contributed by atoms with Gasteiger partial charge in [-0.1, -0.05) is 29.3 Å². The number of hydrogen-bond acceptors (Lipinski definition) is 4. The third-order valence-corrected chi connectivity index (χ3v) is 3.96. The molecule has 1 heterocycles. The molecule has 1 aromatic heterocycles. The third-order valence-electron chi connectivity index (χ3n) is 3.40. The van der Waals surface area contributed by atoms with E-state index >= 15 is 0 Å². The molecule has 0 saturated carbocycles. The first-order valence-corrected chi connectivity index (χ1v) is 8.02. The lowest BCUT2D eigenvalue weighted by molar-refractivity contribution is -0.124. The summed E-state index contributed by atoms with van der Waals surface area (Å²) >= 11 is 12.0. The number of rotatable bonds is 5. The Hall–Kier alpha value is -1.98. The number of benzene rings is 1. The quantitative estimate of drug-likeness (QED) is 0.800. The summed E-state index contributed by atoms with van der Waals surface area (Å²) in [6.07, 6.45) is 0. The van der Waals surface area contributed by atoms with Gasteiger partial charge in [0.2, 0.25) is 0 Å². The molecule has 1 N–H and O–H groups in total. The molecule has 0 spiro atoms. The summed E-state index contributed by atoms with van der Waals surface area (Å²) < 4.78 is 10.3. The number of carbonyl (C=O) groups excluding carboxylic acids is 2. The van der Waals surface area contributed by atoms with Crippen LogP contribution in [0.3, 0.4) is 0 Å².